The number of pyridine rings is 1. The van der Waals surface area contributed by atoms with E-state index >= 15 is 0 Å². The number of amides is 3. The third-order valence-electron chi connectivity index (χ3n) is 5.36. The minimum Gasteiger partial charge on any atom is -0.295 e. The number of fused-ring (bicyclic) bond motifs is 2. The van der Waals surface area contributed by atoms with Gasteiger partial charge < -0.3 is 0 Å². The molecule has 9 heteroatoms. The Morgan fingerprint density at radius 1 is 0.909 bits per heavy atom. The lowest BCUT2D eigenvalue weighted by Crippen LogP contribution is -2.37. The molecule has 0 unspecified atom stereocenters. The van der Waals surface area contributed by atoms with Crippen molar-refractivity contribution in [1.82, 2.24) is 19.5 Å². The second-order valence-corrected chi connectivity index (χ2v) is 7.58. The van der Waals surface area contributed by atoms with Gasteiger partial charge in [0.25, 0.3) is 11.8 Å². The summed E-state index contributed by atoms with van der Waals surface area (Å²) in [6.07, 6.45) is 1.74. The summed E-state index contributed by atoms with van der Waals surface area (Å²) in [6.45, 7) is 1.07. The minimum absolute atomic E-state index is 0.0262. The fraction of sp³-hybridized carbons (Fsp3) is 0.0833. The molecule has 162 valence electrons. The molecule has 3 amide bonds. The Balaban J connectivity index is 1.33. The molecule has 1 aliphatic heterocycles. The van der Waals surface area contributed by atoms with Gasteiger partial charge in [-0.25, -0.2) is 4.52 Å². The number of hydrogen-bond donors (Lipinski definition) is 1. The SMILES string of the molecule is CC(=O)c1cccc(-c2ccc3nc(NC(=O)CN4C(=O)c5ccccc5C4=O)nn3c2)c1. The second kappa shape index (κ2) is 7.79. The number of hydrogen-bond acceptors (Lipinski definition) is 6. The first-order valence-electron chi connectivity index (χ1n) is 10.1. The van der Waals surface area contributed by atoms with E-state index in [1.165, 1.54) is 11.4 Å². The van der Waals surface area contributed by atoms with Gasteiger partial charge in [0.05, 0.1) is 11.1 Å². The topological polar surface area (TPSA) is 114 Å². The lowest BCUT2D eigenvalue weighted by atomic mass is 10.0. The van der Waals surface area contributed by atoms with E-state index in [0.717, 1.165) is 16.0 Å². The molecule has 0 spiro atoms. The van der Waals surface area contributed by atoms with Crippen molar-refractivity contribution in [3.8, 4) is 11.1 Å². The number of aromatic nitrogens is 3. The Bertz CT molecular complexity index is 1440. The number of nitrogens with zero attached hydrogens (tertiary/aromatic N) is 4. The van der Waals surface area contributed by atoms with Crippen LogP contribution in [0.25, 0.3) is 16.8 Å². The average molecular weight is 439 g/mol. The number of imide groups is 1. The molecule has 0 radical (unpaired) electrons. The molecular formula is C24H17N5O4. The fourth-order valence-corrected chi connectivity index (χ4v) is 3.72. The smallest absolute Gasteiger partial charge is 0.262 e. The molecule has 5 rings (SSSR count). The van der Waals surface area contributed by atoms with Gasteiger partial charge in [0, 0.05) is 17.3 Å². The minimum atomic E-state index is -0.588. The molecule has 2 aromatic carbocycles. The van der Waals surface area contributed by atoms with Crippen LogP contribution in [0, 0.1) is 0 Å². The highest BCUT2D eigenvalue weighted by Gasteiger charge is 2.36. The van der Waals surface area contributed by atoms with Gasteiger partial charge >= 0.3 is 0 Å². The van der Waals surface area contributed by atoms with Gasteiger partial charge in [-0.05, 0) is 42.8 Å². The molecule has 0 bridgehead atoms. The maximum absolute atomic E-state index is 12.5. The van der Waals surface area contributed by atoms with E-state index in [9.17, 15) is 19.2 Å². The molecular weight excluding hydrogens is 422 g/mol. The van der Waals surface area contributed by atoms with E-state index in [1.807, 2.05) is 18.2 Å². The maximum Gasteiger partial charge on any atom is 0.262 e. The first kappa shape index (κ1) is 20.3. The number of carbonyl (C=O) groups excluding carboxylic acids is 4. The first-order chi connectivity index (χ1) is 15.9. The van der Waals surface area contributed by atoms with Gasteiger partial charge in [0.2, 0.25) is 11.9 Å². The van der Waals surface area contributed by atoms with Gasteiger partial charge in [-0.2, -0.15) is 4.98 Å². The zero-order chi connectivity index (χ0) is 23.1. The number of ketones is 1. The van der Waals surface area contributed by atoms with Gasteiger partial charge in [-0.15, -0.1) is 5.10 Å². The average Bonchev–Trinajstić information content (AvgIpc) is 3.32. The molecule has 0 atom stereocenters. The van der Waals surface area contributed by atoms with Gasteiger partial charge in [0.15, 0.2) is 11.4 Å². The molecule has 4 aromatic rings. The van der Waals surface area contributed by atoms with Crippen molar-refractivity contribution < 1.29 is 19.2 Å². The summed E-state index contributed by atoms with van der Waals surface area (Å²) in [5, 5.41) is 6.80. The van der Waals surface area contributed by atoms with Crippen molar-refractivity contribution in [1.29, 1.82) is 0 Å². The summed E-state index contributed by atoms with van der Waals surface area (Å²) in [7, 11) is 0. The van der Waals surface area contributed by atoms with Gasteiger partial charge in [0.1, 0.15) is 6.54 Å². The molecule has 0 aliphatic carbocycles. The van der Waals surface area contributed by atoms with Crippen LogP contribution in [0.3, 0.4) is 0 Å². The summed E-state index contributed by atoms with van der Waals surface area (Å²) in [5.74, 6) is -1.58. The number of rotatable bonds is 5. The zero-order valence-corrected chi connectivity index (χ0v) is 17.5. The highest BCUT2D eigenvalue weighted by molar-refractivity contribution is 6.22. The van der Waals surface area contributed by atoms with E-state index in [2.05, 4.69) is 15.4 Å². The summed E-state index contributed by atoms with van der Waals surface area (Å²) in [6, 6.07) is 17.3. The van der Waals surface area contributed by atoms with Crippen LogP contribution in [0.1, 0.15) is 38.0 Å². The number of anilines is 1. The quantitative estimate of drug-likeness (QED) is 0.378. The Morgan fingerprint density at radius 2 is 1.64 bits per heavy atom. The van der Waals surface area contributed by atoms with E-state index in [1.54, 1.807) is 48.7 Å². The Hall–Kier alpha value is -4.66. The van der Waals surface area contributed by atoms with Crippen molar-refractivity contribution in [2.24, 2.45) is 0 Å². The van der Waals surface area contributed by atoms with Crippen LogP contribution in [0.4, 0.5) is 5.95 Å². The monoisotopic (exact) mass is 439 g/mol. The molecule has 9 nitrogen and oxygen atoms in total. The molecule has 1 N–H and O–H groups in total. The number of nitrogens with one attached hydrogen (secondary N) is 1. The number of benzene rings is 2. The molecule has 0 saturated carbocycles. The van der Waals surface area contributed by atoms with Gasteiger partial charge in [-0.3, -0.25) is 29.4 Å². The fourth-order valence-electron chi connectivity index (χ4n) is 3.72. The number of Topliss-reactive ketones (excluding diaryl/α,β-unsaturated/α-hetero) is 1. The summed E-state index contributed by atoms with van der Waals surface area (Å²) in [5.41, 5.74) is 3.32. The Kier molecular flexibility index (Phi) is 4.78. The number of carbonyl (C=O) groups is 4. The van der Waals surface area contributed by atoms with Crippen LogP contribution >= 0.6 is 0 Å². The van der Waals surface area contributed by atoms with Crippen molar-refractivity contribution in [3.63, 3.8) is 0 Å². The Labute approximate surface area is 187 Å². The van der Waals surface area contributed by atoms with Crippen LogP contribution < -0.4 is 5.32 Å². The lowest BCUT2D eigenvalue weighted by Gasteiger charge is -2.12. The standard InChI is InChI=1S/C24H17N5O4/c1-14(30)15-5-4-6-16(11-15)17-9-10-20-25-24(27-29(20)12-17)26-21(31)13-28-22(32)18-7-2-3-8-19(18)23(28)33/h2-12H,13H2,1H3,(H,26,27,31). The van der Waals surface area contributed by atoms with Crippen molar-refractivity contribution in [2.75, 3.05) is 11.9 Å². The lowest BCUT2D eigenvalue weighted by molar-refractivity contribution is -0.116. The van der Waals surface area contributed by atoms with E-state index in [0.29, 0.717) is 11.2 Å². The summed E-state index contributed by atoms with van der Waals surface area (Å²) < 4.78 is 1.51. The maximum atomic E-state index is 12.5. The molecule has 2 aromatic heterocycles. The highest BCUT2D eigenvalue weighted by Crippen LogP contribution is 2.23. The van der Waals surface area contributed by atoms with Crippen LogP contribution in [-0.2, 0) is 4.79 Å². The van der Waals surface area contributed by atoms with Crippen molar-refractivity contribution in [3.05, 3.63) is 83.6 Å². The zero-order valence-electron chi connectivity index (χ0n) is 17.5. The van der Waals surface area contributed by atoms with Crippen molar-refractivity contribution in [2.45, 2.75) is 6.92 Å². The summed E-state index contributed by atoms with van der Waals surface area (Å²) in [4.78, 5) is 54.2. The van der Waals surface area contributed by atoms with E-state index in [4.69, 9.17) is 0 Å². The third kappa shape index (κ3) is 3.65. The van der Waals surface area contributed by atoms with Gasteiger partial charge in [-0.1, -0.05) is 30.3 Å². The Morgan fingerprint density at radius 3 is 2.33 bits per heavy atom. The predicted octanol–water partition coefficient (Wildman–Crippen LogP) is 2.83. The molecule has 33 heavy (non-hydrogen) atoms. The largest absolute Gasteiger partial charge is 0.295 e. The van der Waals surface area contributed by atoms with Crippen LogP contribution in [0.2, 0.25) is 0 Å². The third-order valence-corrected chi connectivity index (χ3v) is 5.36. The first-order valence-corrected chi connectivity index (χ1v) is 10.1. The van der Waals surface area contributed by atoms with Crippen LogP contribution in [0.5, 0.6) is 0 Å². The van der Waals surface area contributed by atoms with Crippen molar-refractivity contribution >= 4 is 35.1 Å². The molecule has 1 aliphatic rings. The second-order valence-electron chi connectivity index (χ2n) is 7.58. The predicted molar refractivity (Wildman–Crippen MR) is 119 cm³/mol. The molecule has 0 saturated heterocycles. The van der Waals surface area contributed by atoms with E-state index in [-0.39, 0.29) is 22.9 Å². The molecule has 3 heterocycles. The summed E-state index contributed by atoms with van der Waals surface area (Å²) >= 11 is 0. The highest BCUT2D eigenvalue weighted by atomic mass is 16.2. The van der Waals surface area contributed by atoms with Crippen LogP contribution in [0.15, 0.2) is 66.9 Å². The van der Waals surface area contributed by atoms with Crippen LogP contribution in [-0.4, -0.2) is 49.5 Å². The molecule has 0 fully saturated rings. The van der Waals surface area contributed by atoms with E-state index < -0.39 is 24.3 Å². The normalized spacial score (nSPS) is 12.8.